The second-order valence-corrected chi connectivity index (χ2v) is 5.35. The highest BCUT2D eigenvalue weighted by Gasteiger charge is 2.28. The van der Waals surface area contributed by atoms with Gasteiger partial charge in [-0.2, -0.15) is 0 Å². The molecule has 1 fully saturated rings. The van der Waals surface area contributed by atoms with Crippen LogP contribution in [0.3, 0.4) is 0 Å². The van der Waals surface area contributed by atoms with Crippen molar-refractivity contribution in [3.63, 3.8) is 0 Å². The number of benzene rings is 1. The van der Waals surface area contributed by atoms with Gasteiger partial charge in [0.1, 0.15) is 11.3 Å². The molecule has 1 saturated carbocycles. The number of halogens is 1. The minimum atomic E-state index is 0.691. The fourth-order valence-electron chi connectivity index (χ4n) is 2.15. The number of nitrogens with zero attached hydrogens (tertiary/aromatic N) is 2. The molecule has 2 aromatic rings. The summed E-state index contributed by atoms with van der Waals surface area (Å²) in [4.78, 5) is 4.50. The normalized spacial score (nSPS) is 15.9. The highest BCUT2D eigenvalue weighted by atomic mass is 79.9. The van der Waals surface area contributed by atoms with Crippen molar-refractivity contribution in [2.45, 2.75) is 25.7 Å². The van der Waals surface area contributed by atoms with Crippen LogP contribution in [0.1, 0.15) is 30.1 Å². The van der Waals surface area contributed by atoms with Gasteiger partial charge >= 0.3 is 0 Å². The van der Waals surface area contributed by atoms with E-state index in [0.717, 1.165) is 27.0 Å². The lowest BCUT2D eigenvalue weighted by Crippen LogP contribution is -1.95. The Balaban J connectivity index is 2.38. The predicted molar refractivity (Wildman–Crippen MR) is 69.5 cm³/mol. The molecule has 3 rings (SSSR count). The van der Waals surface area contributed by atoms with Crippen LogP contribution >= 0.6 is 15.9 Å². The highest BCUT2D eigenvalue weighted by molar-refractivity contribution is 9.10. The molecule has 0 unspecified atom stereocenters. The second-order valence-electron chi connectivity index (χ2n) is 4.55. The van der Waals surface area contributed by atoms with E-state index in [1.54, 1.807) is 0 Å². The third-order valence-corrected chi connectivity index (χ3v) is 4.30. The van der Waals surface area contributed by atoms with Crippen molar-refractivity contribution in [2.75, 3.05) is 5.73 Å². The van der Waals surface area contributed by atoms with Gasteiger partial charge in [-0.15, -0.1) is 0 Å². The Morgan fingerprint density at radius 1 is 1.50 bits per heavy atom. The molecule has 84 valence electrons. The van der Waals surface area contributed by atoms with Gasteiger partial charge < -0.3 is 10.3 Å². The molecule has 0 bridgehead atoms. The molecule has 1 aliphatic carbocycles. The van der Waals surface area contributed by atoms with E-state index in [2.05, 4.69) is 31.5 Å². The van der Waals surface area contributed by atoms with E-state index in [0.29, 0.717) is 5.92 Å². The Kier molecular flexibility index (Phi) is 2.05. The summed E-state index contributed by atoms with van der Waals surface area (Å²) in [6, 6.07) is 2.23. The van der Waals surface area contributed by atoms with Crippen molar-refractivity contribution in [1.29, 1.82) is 0 Å². The summed E-state index contributed by atoms with van der Waals surface area (Å²) in [6.45, 7) is 2.00. The Hall–Kier alpha value is -1.03. The largest absolute Gasteiger partial charge is 0.396 e. The first-order chi connectivity index (χ1) is 7.59. The van der Waals surface area contributed by atoms with E-state index >= 15 is 0 Å². The molecule has 0 amide bonds. The van der Waals surface area contributed by atoms with Crippen molar-refractivity contribution in [2.24, 2.45) is 7.05 Å². The number of hydrogen-bond donors (Lipinski definition) is 1. The highest BCUT2D eigenvalue weighted by Crippen LogP contribution is 2.46. The van der Waals surface area contributed by atoms with Crippen molar-refractivity contribution in [1.82, 2.24) is 9.55 Å². The zero-order valence-corrected chi connectivity index (χ0v) is 11.0. The number of nitrogen functional groups attached to an aromatic ring is 1. The number of fused-ring (bicyclic) bond motifs is 1. The smallest absolute Gasteiger partial charge is 0.113 e. The van der Waals surface area contributed by atoms with E-state index in [-0.39, 0.29) is 0 Å². The van der Waals surface area contributed by atoms with Crippen molar-refractivity contribution in [3.05, 3.63) is 21.9 Å². The lowest BCUT2D eigenvalue weighted by Gasteiger charge is -2.07. The molecule has 1 aromatic carbocycles. The molecule has 0 saturated heterocycles. The van der Waals surface area contributed by atoms with Gasteiger partial charge in [0, 0.05) is 11.5 Å². The van der Waals surface area contributed by atoms with Gasteiger partial charge in [-0.05, 0) is 53.2 Å². The third kappa shape index (κ3) is 1.29. The molecule has 1 heterocycles. The van der Waals surface area contributed by atoms with Crippen molar-refractivity contribution < 1.29 is 0 Å². The molecule has 0 radical (unpaired) electrons. The molecule has 1 aromatic heterocycles. The van der Waals surface area contributed by atoms with Crippen LogP contribution < -0.4 is 5.73 Å². The number of aromatic nitrogens is 2. The summed E-state index contributed by atoms with van der Waals surface area (Å²) in [5.41, 5.74) is 10.3. The SMILES string of the molecule is Cc1nc2c(N)c(Br)c(C3CC3)cc2n1C. The van der Waals surface area contributed by atoms with E-state index in [1.807, 2.05) is 14.0 Å². The second kappa shape index (κ2) is 3.23. The fraction of sp³-hybridized carbons (Fsp3) is 0.417. The van der Waals surface area contributed by atoms with Crippen molar-refractivity contribution >= 4 is 32.7 Å². The van der Waals surface area contributed by atoms with Crippen molar-refractivity contribution in [3.8, 4) is 0 Å². The van der Waals surface area contributed by atoms with Crippen LogP contribution in [0.15, 0.2) is 10.5 Å². The van der Waals surface area contributed by atoms with Gasteiger partial charge in [0.25, 0.3) is 0 Å². The minimum absolute atomic E-state index is 0.691. The van der Waals surface area contributed by atoms with E-state index < -0.39 is 0 Å². The van der Waals surface area contributed by atoms with Crippen LogP contribution in [0.25, 0.3) is 11.0 Å². The molecule has 16 heavy (non-hydrogen) atoms. The number of rotatable bonds is 1. The van der Waals surface area contributed by atoms with Gasteiger partial charge in [0.2, 0.25) is 0 Å². The van der Waals surface area contributed by atoms with E-state index in [4.69, 9.17) is 5.73 Å². The van der Waals surface area contributed by atoms with Crippen LogP contribution in [-0.4, -0.2) is 9.55 Å². The zero-order chi connectivity index (χ0) is 11.4. The van der Waals surface area contributed by atoms with Crippen LogP contribution in [0.2, 0.25) is 0 Å². The maximum Gasteiger partial charge on any atom is 0.113 e. The maximum atomic E-state index is 6.14. The summed E-state index contributed by atoms with van der Waals surface area (Å²) in [5, 5.41) is 0. The molecule has 1 aliphatic rings. The predicted octanol–water partition coefficient (Wildman–Crippen LogP) is 3.10. The van der Waals surface area contributed by atoms with E-state index in [9.17, 15) is 0 Å². The molecular formula is C12H14BrN3. The molecule has 3 nitrogen and oxygen atoms in total. The molecule has 0 spiro atoms. The maximum absolute atomic E-state index is 6.14. The Bertz CT molecular complexity index is 582. The van der Waals surface area contributed by atoms with Gasteiger partial charge in [0.05, 0.1) is 11.2 Å². The van der Waals surface area contributed by atoms with Crippen LogP contribution in [0.4, 0.5) is 5.69 Å². The summed E-state index contributed by atoms with van der Waals surface area (Å²) in [5.74, 6) is 1.69. The van der Waals surface area contributed by atoms with Gasteiger partial charge in [-0.3, -0.25) is 0 Å². The first-order valence-electron chi connectivity index (χ1n) is 5.50. The number of imidazole rings is 1. The first kappa shape index (κ1) is 10.1. The fourth-order valence-corrected chi connectivity index (χ4v) is 2.78. The van der Waals surface area contributed by atoms with Gasteiger partial charge in [0.15, 0.2) is 0 Å². The third-order valence-electron chi connectivity index (χ3n) is 3.42. The summed E-state index contributed by atoms with van der Waals surface area (Å²) in [6.07, 6.45) is 2.56. The molecule has 2 N–H and O–H groups in total. The number of anilines is 1. The van der Waals surface area contributed by atoms with Gasteiger partial charge in [-0.1, -0.05) is 0 Å². The average Bonchev–Trinajstić information content (AvgIpc) is 3.04. The van der Waals surface area contributed by atoms with Crippen LogP contribution in [0.5, 0.6) is 0 Å². The Morgan fingerprint density at radius 2 is 2.19 bits per heavy atom. The number of nitrogens with two attached hydrogens (primary N) is 1. The lowest BCUT2D eigenvalue weighted by molar-refractivity contribution is 0.885. The first-order valence-corrected chi connectivity index (χ1v) is 6.29. The standard InChI is InChI=1S/C12H14BrN3/c1-6-15-12-9(16(6)2)5-8(7-3-4-7)10(13)11(12)14/h5,7H,3-4,14H2,1-2H3. The summed E-state index contributed by atoms with van der Waals surface area (Å²) in [7, 11) is 2.04. The quantitative estimate of drug-likeness (QED) is 0.816. The topological polar surface area (TPSA) is 43.8 Å². The summed E-state index contributed by atoms with van der Waals surface area (Å²) < 4.78 is 3.14. The molecule has 0 aliphatic heterocycles. The van der Waals surface area contributed by atoms with Crippen LogP contribution in [0, 0.1) is 6.92 Å². The number of hydrogen-bond acceptors (Lipinski definition) is 2. The zero-order valence-electron chi connectivity index (χ0n) is 9.42. The van der Waals surface area contributed by atoms with Gasteiger partial charge in [-0.25, -0.2) is 4.98 Å². The minimum Gasteiger partial charge on any atom is -0.396 e. The number of aryl methyl sites for hydroxylation is 2. The average molecular weight is 280 g/mol. The lowest BCUT2D eigenvalue weighted by atomic mass is 10.1. The monoisotopic (exact) mass is 279 g/mol. The summed E-state index contributed by atoms with van der Waals surface area (Å²) >= 11 is 3.60. The van der Waals surface area contributed by atoms with E-state index in [1.165, 1.54) is 18.4 Å². The Morgan fingerprint density at radius 3 is 2.81 bits per heavy atom. The molecule has 4 heteroatoms. The van der Waals surface area contributed by atoms with Crippen LogP contribution in [-0.2, 0) is 7.05 Å². The molecular weight excluding hydrogens is 266 g/mol. The molecule has 0 atom stereocenters. The Labute approximate surface area is 103 Å².